The van der Waals surface area contributed by atoms with E-state index in [9.17, 15) is 36.9 Å². The minimum Gasteiger partial charge on any atom is -0.422 e. The summed E-state index contributed by atoms with van der Waals surface area (Å²) in [6, 6.07) is 19.3. The van der Waals surface area contributed by atoms with Crippen LogP contribution in [-0.2, 0) is 35.8 Å². The number of unbranched alkanes of at least 4 members (excludes halogenated alkanes) is 1. The van der Waals surface area contributed by atoms with Gasteiger partial charge in [0.15, 0.2) is 5.78 Å². The number of nitrogens with one attached hydrogen (secondary N) is 2. The third-order valence-corrected chi connectivity index (χ3v) is 18.0. The SMILES string of the molecule is CCCC[n+]1c2ccccc2c(C(=O)Oc2c(C)cc(C(=O)NCCC[N+](C)(CCCNC(=O)COC[C@]34CCC(=O)C=C3CCC3C4CC[C@]4(C)C(=O)CCC34)CCCS(=O)(=O)O)cc2C)c2ccccc21. The summed E-state index contributed by atoms with van der Waals surface area (Å²) in [6.07, 6.45) is 11.7. The van der Waals surface area contributed by atoms with E-state index in [1.807, 2.05) is 75.5 Å². The first-order valence-corrected chi connectivity index (χ1v) is 28.3. The molecule has 3 fully saturated rings. The van der Waals surface area contributed by atoms with Gasteiger partial charge in [-0.15, -0.1) is 0 Å². The molecule has 15 heteroatoms. The van der Waals surface area contributed by atoms with Gasteiger partial charge in [-0.1, -0.05) is 50.1 Å². The highest BCUT2D eigenvalue weighted by atomic mass is 32.2. The van der Waals surface area contributed by atoms with Crippen LogP contribution in [0.2, 0.25) is 0 Å². The van der Waals surface area contributed by atoms with E-state index < -0.39 is 16.1 Å². The minimum atomic E-state index is -4.15. The first-order chi connectivity index (χ1) is 34.9. The van der Waals surface area contributed by atoms with Crippen LogP contribution in [0.3, 0.4) is 0 Å². The lowest BCUT2D eigenvalue weighted by atomic mass is 9.47. The molecule has 4 aliphatic rings. The maximum atomic E-state index is 14.2. The zero-order chi connectivity index (χ0) is 52.1. The van der Waals surface area contributed by atoms with Gasteiger partial charge in [0.2, 0.25) is 16.9 Å². The van der Waals surface area contributed by atoms with Crippen molar-refractivity contribution in [3.63, 3.8) is 0 Å². The molecule has 4 unspecified atom stereocenters. The lowest BCUT2D eigenvalue weighted by molar-refractivity contribution is -0.909. The summed E-state index contributed by atoms with van der Waals surface area (Å²) < 4.78 is 47.9. The summed E-state index contributed by atoms with van der Waals surface area (Å²) in [5.74, 6) is 0.718. The van der Waals surface area contributed by atoms with Gasteiger partial charge in [-0.3, -0.25) is 23.7 Å². The molecule has 0 saturated heterocycles. The number of benzene rings is 3. The standard InChI is InChI=1S/C58H74N4O10S/c1-6-7-29-61-49-17-10-8-15-45(49)53(46-16-9-11-18-50(46)61)56(67)72-54-39(2)34-41(35-40(54)3)55(66)60-28-13-31-62(5,32-14-33-73(68,69)70)30-12-27-59-52(65)37-71-38-58-26-23-43(63)36-42(58)19-20-44-47-21-22-51(64)57(47,4)25-24-48(44)58/h8-11,15-18,34-36,44,47-48H,6-7,12-14,19-33,37-38H2,1-5H3,(H-2,59,60,65,66,68,69,70)/p+2/t44?,47?,48?,57-,58+,62?/m0/s1. The summed E-state index contributed by atoms with van der Waals surface area (Å²) in [5, 5.41) is 7.65. The number of Topliss-reactive ketones (excluding diaryl/α,β-unsaturated/α-hetero) is 1. The molecule has 2 amide bonds. The van der Waals surface area contributed by atoms with Gasteiger partial charge in [-0.05, 0) is 112 Å². The number of amides is 2. The monoisotopic (exact) mass is 1020 g/mol. The van der Waals surface area contributed by atoms with Crippen molar-refractivity contribution in [3.05, 3.63) is 94.6 Å². The molecule has 0 radical (unpaired) electrons. The molecule has 0 bridgehead atoms. The van der Waals surface area contributed by atoms with E-state index in [2.05, 4.69) is 29.0 Å². The Kier molecular flexibility index (Phi) is 16.7. The third-order valence-electron chi connectivity index (χ3n) is 17.2. The number of nitrogens with zero attached hydrogens (tertiary/aromatic N) is 2. The van der Waals surface area contributed by atoms with E-state index in [1.165, 1.54) is 0 Å². The Morgan fingerprint density at radius 1 is 0.822 bits per heavy atom. The van der Waals surface area contributed by atoms with Gasteiger partial charge in [0.1, 0.15) is 24.7 Å². The lowest BCUT2D eigenvalue weighted by Gasteiger charge is -2.57. The fourth-order valence-corrected chi connectivity index (χ4v) is 14.0. The highest BCUT2D eigenvalue weighted by Gasteiger charge is 2.60. The van der Waals surface area contributed by atoms with Crippen molar-refractivity contribution in [2.75, 3.05) is 58.7 Å². The Morgan fingerprint density at radius 2 is 1.47 bits per heavy atom. The first-order valence-electron chi connectivity index (χ1n) is 26.7. The zero-order valence-corrected chi connectivity index (χ0v) is 44.4. The fraction of sp³-hybridized carbons (Fsp3) is 0.552. The summed E-state index contributed by atoms with van der Waals surface area (Å²) in [6.45, 7) is 11.5. The quantitative estimate of drug-likeness (QED) is 0.0131. The van der Waals surface area contributed by atoms with Crippen LogP contribution in [0, 0.1) is 42.4 Å². The molecule has 8 rings (SSSR count). The Balaban J connectivity index is 0.833. The number of aromatic nitrogens is 1. The van der Waals surface area contributed by atoms with E-state index in [0.29, 0.717) is 127 Å². The van der Waals surface area contributed by atoms with Crippen LogP contribution in [-0.4, -0.2) is 106 Å². The fourth-order valence-electron chi connectivity index (χ4n) is 13.5. The average Bonchev–Trinajstić information content (AvgIpc) is 3.66. The highest BCUT2D eigenvalue weighted by Crippen LogP contribution is 2.64. The first kappa shape index (κ1) is 53.9. The molecule has 3 N–H and O–H groups in total. The van der Waals surface area contributed by atoms with E-state index in [-0.39, 0.29) is 47.2 Å². The molecule has 1 aromatic heterocycles. The number of ketones is 2. The molecule has 14 nitrogen and oxygen atoms in total. The largest absolute Gasteiger partial charge is 0.422 e. The number of esters is 1. The van der Waals surface area contributed by atoms with Crippen molar-refractivity contribution < 1.29 is 55.5 Å². The molecule has 0 spiro atoms. The van der Waals surface area contributed by atoms with E-state index in [0.717, 1.165) is 78.9 Å². The number of hydrogen-bond acceptors (Lipinski definition) is 9. The highest BCUT2D eigenvalue weighted by molar-refractivity contribution is 7.85. The molecule has 392 valence electrons. The van der Waals surface area contributed by atoms with Gasteiger partial charge < -0.3 is 24.6 Å². The Hall–Kier alpha value is -5.35. The average molecular weight is 1020 g/mol. The van der Waals surface area contributed by atoms with Crippen molar-refractivity contribution in [1.29, 1.82) is 0 Å². The molecular formula is C58H76N4O10S+2. The topological polar surface area (TPSA) is 186 Å². The minimum absolute atomic E-state index is 0.102. The van der Waals surface area contributed by atoms with E-state index >= 15 is 0 Å². The van der Waals surface area contributed by atoms with Gasteiger partial charge >= 0.3 is 5.97 Å². The van der Waals surface area contributed by atoms with Crippen LogP contribution in [0.5, 0.6) is 5.75 Å². The van der Waals surface area contributed by atoms with Crippen LogP contribution >= 0.6 is 0 Å². The molecule has 0 aliphatic heterocycles. The van der Waals surface area contributed by atoms with E-state index in [1.54, 1.807) is 12.1 Å². The molecule has 4 aromatic rings. The molecule has 3 saturated carbocycles. The van der Waals surface area contributed by atoms with Crippen LogP contribution in [0.25, 0.3) is 21.8 Å². The Morgan fingerprint density at radius 3 is 2.12 bits per heavy atom. The molecule has 73 heavy (non-hydrogen) atoms. The number of para-hydroxylation sites is 2. The van der Waals surface area contributed by atoms with Crippen molar-refractivity contribution in [1.82, 2.24) is 10.6 Å². The Bertz CT molecular complexity index is 2840. The summed E-state index contributed by atoms with van der Waals surface area (Å²) >= 11 is 0. The summed E-state index contributed by atoms with van der Waals surface area (Å²) in [7, 11) is -2.13. The van der Waals surface area contributed by atoms with Crippen LogP contribution in [0.15, 0.2) is 72.3 Å². The number of rotatable bonds is 22. The number of carbonyl (C=O) groups is 5. The van der Waals surface area contributed by atoms with Gasteiger partial charge in [0, 0.05) is 80.1 Å². The molecular weight excluding hydrogens is 945 g/mol. The molecule has 1 heterocycles. The van der Waals surface area contributed by atoms with Crippen LogP contribution < -0.4 is 19.9 Å². The van der Waals surface area contributed by atoms with Crippen LogP contribution in [0.4, 0.5) is 0 Å². The van der Waals surface area contributed by atoms with E-state index in [4.69, 9.17) is 9.47 Å². The van der Waals surface area contributed by atoms with Crippen molar-refractivity contribution >= 4 is 61.3 Å². The lowest BCUT2D eigenvalue weighted by Crippen LogP contribution is -2.53. The van der Waals surface area contributed by atoms with Crippen molar-refractivity contribution in [2.45, 2.75) is 118 Å². The van der Waals surface area contributed by atoms with Crippen LogP contribution in [0.1, 0.15) is 129 Å². The normalized spacial score (nSPS) is 23.5. The number of carbonyl (C=O) groups excluding carboxylic acids is 5. The number of ether oxygens (including phenoxy) is 2. The zero-order valence-electron chi connectivity index (χ0n) is 43.6. The third kappa shape index (κ3) is 11.8. The summed E-state index contributed by atoms with van der Waals surface area (Å²) in [4.78, 5) is 66.5. The van der Waals surface area contributed by atoms with Gasteiger partial charge in [0.25, 0.3) is 16.0 Å². The smallest absolute Gasteiger partial charge is 0.345 e. The predicted octanol–water partition coefficient (Wildman–Crippen LogP) is 8.37. The maximum absolute atomic E-state index is 14.2. The molecule has 3 aromatic carbocycles. The predicted molar refractivity (Wildman–Crippen MR) is 281 cm³/mol. The number of fused-ring (bicyclic) bond motifs is 7. The van der Waals surface area contributed by atoms with Gasteiger partial charge in [0.05, 0.1) is 55.4 Å². The molecule has 6 atom stereocenters. The number of hydrogen-bond donors (Lipinski definition) is 3. The maximum Gasteiger partial charge on any atom is 0.345 e. The second-order valence-corrected chi connectivity index (χ2v) is 23.7. The van der Waals surface area contributed by atoms with Crippen molar-refractivity contribution in [3.8, 4) is 5.75 Å². The second-order valence-electron chi connectivity index (χ2n) is 22.1. The second kappa shape index (κ2) is 22.6. The summed E-state index contributed by atoms with van der Waals surface area (Å²) in [5.41, 5.74) is 4.76. The molecule has 4 aliphatic carbocycles. The van der Waals surface area contributed by atoms with Crippen molar-refractivity contribution in [2.24, 2.45) is 28.6 Å². The van der Waals surface area contributed by atoms with Gasteiger partial charge in [-0.25, -0.2) is 4.79 Å². The van der Waals surface area contributed by atoms with Gasteiger partial charge in [-0.2, -0.15) is 13.0 Å². The number of quaternary nitrogens is 1. The number of pyridine rings is 1. The Labute approximate surface area is 431 Å². The number of aryl methyl sites for hydroxylation is 3.